The zero-order valence-electron chi connectivity index (χ0n) is 22.6. The number of methoxy groups -OCH3 is 1. The number of allylic oxidation sites excluding steroid dienone is 2. The molecule has 4 aliphatic rings. The van der Waals surface area contributed by atoms with E-state index in [0.29, 0.717) is 48.9 Å². The Kier molecular flexibility index (Phi) is 6.74. The van der Waals surface area contributed by atoms with Crippen molar-refractivity contribution in [3.8, 4) is 5.75 Å². The van der Waals surface area contributed by atoms with Gasteiger partial charge in [0.25, 0.3) is 0 Å². The van der Waals surface area contributed by atoms with Crippen LogP contribution in [0.5, 0.6) is 5.75 Å². The number of carbonyl (C=O) groups excluding carboxylic acids is 1. The Balaban J connectivity index is 1.39. The topological polar surface area (TPSA) is 55.8 Å². The molecule has 0 heterocycles. The van der Waals surface area contributed by atoms with Crippen molar-refractivity contribution in [3.05, 3.63) is 54.1 Å². The monoisotopic (exact) mass is 492 g/mol. The summed E-state index contributed by atoms with van der Waals surface area (Å²) >= 11 is 0. The zero-order chi connectivity index (χ0) is 25.7. The van der Waals surface area contributed by atoms with Crippen LogP contribution in [0.15, 0.2) is 48.6 Å². The minimum atomic E-state index is -1.13. The van der Waals surface area contributed by atoms with E-state index in [1.807, 2.05) is 24.3 Å². The van der Waals surface area contributed by atoms with E-state index in [0.717, 1.165) is 37.0 Å². The summed E-state index contributed by atoms with van der Waals surface area (Å²) in [4.78, 5) is 12.6. The van der Waals surface area contributed by atoms with Crippen molar-refractivity contribution in [3.63, 3.8) is 0 Å². The van der Waals surface area contributed by atoms with Gasteiger partial charge in [0.15, 0.2) is 5.79 Å². The molecule has 0 radical (unpaired) electrons. The van der Waals surface area contributed by atoms with E-state index >= 15 is 0 Å². The fourth-order valence-corrected chi connectivity index (χ4v) is 8.93. The Morgan fingerprint density at radius 2 is 1.86 bits per heavy atom. The van der Waals surface area contributed by atoms with E-state index < -0.39 is 5.79 Å². The van der Waals surface area contributed by atoms with E-state index in [2.05, 4.69) is 32.6 Å². The van der Waals surface area contributed by atoms with Crippen molar-refractivity contribution < 1.29 is 19.4 Å². The highest BCUT2D eigenvalue weighted by atomic mass is 16.6. The summed E-state index contributed by atoms with van der Waals surface area (Å²) in [7, 11) is 1.66. The van der Waals surface area contributed by atoms with Gasteiger partial charge in [0.05, 0.1) is 13.7 Å². The number of benzene rings is 1. The average molecular weight is 493 g/mol. The minimum Gasteiger partial charge on any atom is -0.497 e. The van der Waals surface area contributed by atoms with Gasteiger partial charge in [-0.3, -0.25) is 4.79 Å². The number of aliphatic hydroxyl groups is 1. The van der Waals surface area contributed by atoms with Crippen LogP contribution in [-0.2, 0) is 16.1 Å². The average Bonchev–Trinajstić information content (AvgIpc) is 3.22. The molecule has 8 atom stereocenters. The first kappa shape index (κ1) is 25.7. The molecule has 0 saturated heterocycles. The molecule has 0 spiro atoms. The van der Waals surface area contributed by atoms with E-state index in [9.17, 15) is 9.90 Å². The molecule has 4 aliphatic carbocycles. The van der Waals surface area contributed by atoms with E-state index in [1.165, 1.54) is 18.4 Å². The van der Waals surface area contributed by atoms with Gasteiger partial charge in [0.1, 0.15) is 11.5 Å². The van der Waals surface area contributed by atoms with Crippen molar-refractivity contribution >= 4 is 5.78 Å². The van der Waals surface area contributed by atoms with E-state index in [4.69, 9.17) is 9.47 Å². The van der Waals surface area contributed by atoms with Crippen LogP contribution in [-0.4, -0.2) is 23.8 Å². The molecule has 0 amide bonds. The van der Waals surface area contributed by atoms with Gasteiger partial charge in [-0.05, 0) is 97.6 Å². The molecule has 3 fully saturated rings. The maximum absolute atomic E-state index is 12.6. The normalized spacial score (nSPS) is 41.5. The third-order valence-electron chi connectivity index (χ3n) is 10.9. The molecule has 1 aromatic carbocycles. The van der Waals surface area contributed by atoms with Crippen molar-refractivity contribution in [1.82, 2.24) is 0 Å². The Labute approximate surface area is 217 Å². The summed E-state index contributed by atoms with van der Waals surface area (Å²) in [6.07, 6.45) is 12.2. The lowest BCUT2D eigenvalue weighted by Gasteiger charge is -2.60. The maximum atomic E-state index is 12.6. The van der Waals surface area contributed by atoms with Crippen molar-refractivity contribution in [2.45, 2.75) is 84.5 Å². The predicted molar refractivity (Wildman–Crippen MR) is 142 cm³/mol. The largest absolute Gasteiger partial charge is 0.497 e. The molecule has 36 heavy (non-hydrogen) atoms. The van der Waals surface area contributed by atoms with E-state index in [1.54, 1.807) is 14.0 Å². The van der Waals surface area contributed by atoms with Gasteiger partial charge in [0, 0.05) is 18.8 Å². The first-order valence-corrected chi connectivity index (χ1v) is 14.0. The second kappa shape index (κ2) is 9.44. The number of Topliss-reactive ketones (excluding diaryl/α,β-unsaturated/α-hetero) is 1. The quantitative estimate of drug-likeness (QED) is 0.333. The summed E-state index contributed by atoms with van der Waals surface area (Å²) in [5, 5.41) is 11.5. The lowest BCUT2D eigenvalue weighted by molar-refractivity contribution is -0.232. The van der Waals surface area contributed by atoms with Crippen LogP contribution in [0.25, 0.3) is 0 Å². The third-order valence-corrected chi connectivity index (χ3v) is 10.9. The van der Waals surface area contributed by atoms with Crippen LogP contribution in [0.2, 0.25) is 0 Å². The second-order valence-corrected chi connectivity index (χ2v) is 12.6. The standard InChI is InChI=1S/C32H44O4/c1-6-7-23-18-24-19-32(34,36-20-22-8-10-25(35-5)11-9-22)17-16-30(24,3)28-14-15-31(4)26(21(2)33)12-13-27(31)29(23)28/h6,8-11,18,23,26-29,34H,1,7,12-17,19-20H2,2-5H3/t23?,26-,27+,28+,29+,30+,31-,32?/m1/s1. The number of carbonyl (C=O) groups is 1. The van der Waals surface area contributed by atoms with E-state index in [-0.39, 0.29) is 16.7 Å². The highest BCUT2D eigenvalue weighted by Crippen LogP contribution is 2.68. The van der Waals surface area contributed by atoms with Crippen LogP contribution >= 0.6 is 0 Å². The molecule has 5 rings (SSSR count). The highest BCUT2D eigenvalue weighted by molar-refractivity contribution is 5.79. The molecule has 4 heteroatoms. The first-order valence-electron chi connectivity index (χ1n) is 14.0. The molecule has 0 aromatic heterocycles. The van der Waals surface area contributed by atoms with Gasteiger partial charge >= 0.3 is 0 Å². The van der Waals surface area contributed by atoms with Gasteiger partial charge in [0.2, 0.25) is 0 Å². The number of hydrogen-bond acceptors (Lipinski definition) is 4. The Hall–Kier alpha value is -1.91. The Morgan fingerprint density at radius 1 is 1.11 bits per heavy atom. The van der Waals surface area contributed by atoms with Crippen LogP contribution in [0.1, 0.15) is 77.7 Å². The molecular formula is C32H44O4. The summed E-state index contributed by atoms with van der Waals surface area (Å²) in [5.74, 6) is 2.49. The van der Waals surface area contributed by atoms with Crippen molar-refractivity contribution in [2.75, 3.05) is 7.11 Å². The fourth-order valence-electron chi connectivity index (χ4n) is 8.93. The number of ether oxygens (including phenoxy) is 2. The third kappa shape index (κ3) is 4.19. The van der Waals surface area contributed by atoms with Gasteiger partial charge in [-0.15, -0.1) is 6.58 Å². The molecule has 196 valence electrons. The second-order valence-electron chi connectivity index (χ2n) is 12.6. The van der Waals surface area contributed by atoms with Gasteiger partial charge in [-0.1, -0.05) is 43.7 Å². The summed E-state index contributed by atoms with van der Waals surface area (Å²) in [5.41, 5.74) is 2.63. The van der Waals surface area contributed by atoms with Gasteiger partial charge in [-0.25, -0.2) is 0 Å². The number of hydrogen-bond donors (Lipinski definition) is 1. The predicted octanol–water partition coefficient (Wildman–Crippen LogP) is 6.87. The number of rotatable bonds is 7. The smallest absolute Gasteiger partial charge is 0.169 e. The zero-order valence-corrected chi connectivity index (χ0v) is 22.6. The SMILES string of the molecule is C=CCC1C=C2CC(O)(OCc3ccc(OC)cc3)CC[C@]2(C)[C@H]2CC[C@]3(C)[C@@H](C(C)=O)CC[C@H]3[C@H]12. The van der Waals surface area contributed by atoms with Gasteiger partial charge < -0.3 is 14.6 Å². The van der Waals surface area contributed by atoms with Crippen molar-refractivity contribution in [1.29, 1.82) is 0 Å². The number of ketones is 1. The molecule has 1 aromatic rings. The number of fused-ring (bicyclic) bond motifs is 5. The molecule has 2 unspecified atom stereocenters. The van der Waals surface area contributed by atoms with Gasteiger partial charge in [-0.2, -0.15) is 0 Å². The molecule has 3 saturated carbocycles. The van der Waals surface area contributed by atoms with Crippen LogP contribution in [0.4, 0.5) is 0 Å². The molecular weight excluding hydrogens is 448 g/mol. The fraction of sp³-hybridized carbons (Fsp3) is 0.656. The molecule has 4 nitrogen and oxygen atoms in total. The van der Waals surface area contributed by atoms with Crippen LogP contribution < -0.4 is 4.74 Å². The lowest BCUT2D eigenvalue weighted by atomic mass is 9.45. The Morgan fingerprint density at radius 3 is 2.53 bits per heavy atom. The van der Waals surface area contributed by atoms with Crippen molar-refractivity contribution in [2.24, 2.45) is 40.4 Å². The van der Waals surface area contributed by atoms with Crippen LogP contribution in [0.3, 0.4) is 0 Å². The highest BCUT2D eigenvalue weighted by Gasteiger charge is 2.62. The molecule has 1 N–H and O–H groups in total. The Bertz CT molecular complexity index is 1030. The summed E-state index contributed by atoms with van der Waals surface area (Å²) in [6, 6.07) is 7.85. The molecule has 0 aliphatic heterocycles. The first-order chi connectivity index (χ1) is 17.1. The minimum absolute atomic E-state index is 0.0910. The maximum Gasteiger partial charge on any atom is 0.169 e. The lowest BCUT2D eigenvalue weighted by Crippen LogP contribution is -2.55. The van der Waals surface area contributed by atoms with Crippen LogP contribution in [0, 0.1) is 40.4 Å². The summed E-state index contributed by atoms with van der Waals surface area (Å²) < 4.78 is 11.5. The summed E-state index contributed by atoms with van der Waals surface area (Å²) in [6.45, 7) is 11.1. The molecule has 0 bridgehead atoms.